The van der Waals surface area contributed by atoms with Gasteiger partial charge in [0.25, 0.3) is 0 Å². The third-order valence-corrected chi connectivity index (χ3v) is 1.73. The molecule has 2 amide bonds. The Hall–Kier alpha value is -1.26. The monoisotopic (exact) mass is 158 g/mol. The zero-order chi connectivity index (χ0) is 8.27. The second-order valence-electron chi connectivity index (χ2n) is 2.41. The first-order chi connectivity index (χ1) is 5.24. The van der Waals surface area contributed by atoms with Crippen LogP contribution < -0.4 is 0 Å². The molecule has 0 bridgehead atoms. The van der Waals surface area contributed by atoms with E-state index in [1.165, 1.54) is 4.90 Å². The molecule has 11 heavy (non-hydrogen) atoms. The fraction of sp³-hybridized carbons (Fsp3) is 0.667. The Labute approximate surface area is 64.2 Å². The lowest BCUT2D eigenvalue weighted by molar-refractivity contribution is -0.119. The van der Waals surface area contributed by atoms with Gasteiger partial charge in [0, 0.05) is 26.2 Å². The first-order valence-electron chi connectivity index (χ1n) is 3.41. The number of carbonyl (C=O) groups excluding carboxylic acids is 1. The van der Waals surface area contributed by atoms with Crippen LogP contribution in [0.15, 0.2) is 0 Å². The van der Waals surface area contributed by atoms with Gasteiger partial charge in [0.15, 0.2) is 0 Å². The summed E-state index contributed by atoms with van der Waals surface area (Å²) in [4.78, 5) is 23.4. The molecule has 1 N–H and O–H groups in total. The molecule has 0 aromatic carbocycles. The van der Waals surface area contributed by atoms with Gasteiger partial charge in [-0.25, -0.2) is 4.79 Å². The maximum absolute atomic E-state index is 10.4. The SMILES string of the molecule is O=CN1CCN(C(=O)O)CC1. The molecule has 5 nitrogen and oxygen atoms in total. The molecule has 1 aliphatic rings. The Morgan fingerprint density at radius 1 is 1.27 bits per heavy atom. The Bertz CT molecular complexity index is 163. The fourth-order valence-electron chi connectivity index (χ4n) is 1.02. The van der Waals surface area contributed by atoms with Gasteiger partial charge in [0.2, 0.25) is 6.41 Å². The second kappa shape index (κ2) is 3.23. The van der Waals surface area contributed by atoms with Crippen LogP contribution in [0, 0.1) is 0 Å². The second-order valence-corrected chi connectivity index (χ2v) is 2.41. The molecule has 0 radical (unpaired) electrons. The minimum Gasteiger partial charge on any atom is -0.465 e. The molecule has 1 heterocycles. The fourth-order valence-corrected chi connectivity index (χ4v) is 1.02. The maximum Gasteiger partial charge on any atom is 0.407 e. The lowest BCUT2D eigenvalue weighted by Gasteiger charge is -2.30. The van der Waals surface area contributed by atoms with Crippen molar-refractivity contribution < 1.29 is 14.7 Å². The van der Waals surface area contributed by atoms with E-state index in [9.17, 15) is 9.59 Å². The summed E-state index contributed by atoms with van der Waals surface area (Å²) in [6, 6.07) is 0. The van der Waals surface area contributed by atoms with Crippen molar-refractivity contribution in [1.29, 1.82) is 0 Å². The normalized spacial score (nSPS) is 18.2. The number of rotatable bonds is 1. The van der Waals surface area contributed by atoms with Gasteiger partial charge >= 0.3 is 6.09 Å². The van der Waals surface area contributed by atoms with E-state index in [1.54, 1.807) is 4.90 Å². The minimum atomic E-state index is -0.907. The number of carbonyl (C=O) groups is 2. The van der Waals surface area contributed by atoms with E-state index in [-0.39, 0.29) is 0 Å². The van der Waals surface area contributed by atoms with Crippen molar-refractivity contribution in [2.45, 2.75) is 0 Å². The summed E-state index contributed by atoms with van der Waals surface area (Å²) in [7, 11) is 0. The molecule has 1 saturated heterocycles. The number of amides is 2. The zero-order valence-electron chi connectivity index (χ0n) is 6.06. The molecule has 0 aliphatic carbocycles. The zero-order valence-corrected chi connectivity index (χ0v) is 6.06. The Kier molecular flexibility index (Phi) is 2.30. The molecule has 1 aliphatic heterocycles. The van der Waals surface area contributed by atoms with Crippen LogP contribution >= 0.6 is 0 Å². The van der Waals surface area contributed by atoms with Gasteiger partial charge in [-0.05, 0) is 0 Å². The number of hydrogen-bond acceptors (Lipinski definition) is 2. The van der Waals surface area contributed by atoms with Crippen molar-refractivity contribution in [3.8, 4) is 0 Å². The van der Waals surface area contributed by atoms with Crippen LogP contribution in [0.5, 0.6) is 0 Å². The van der Waals surface area contributed by atoms with Crippen molar-refractivity contribution in [3.63, 3.8) is 0 Å². The summed E-state index contributed by atoms with van der Waals surface area (Å²) in [5.41, 5.74) is 0. The van der Waals surface area contributed by atoms with Gasteiger partial charge in [0.1, 0.15) is 0 Å². The molecule has 5 heteroatoms. The topological polar surface area (TPSA) is 60.9 Å². The van der Waals surface area contributed by atoms with E-state index >= 15 is 0 Å². The first-order valence-corrected chi connectivity index (χ1v) is 3.41. The quantitative estimate of drug-likeness (QED) is 0.520. The highest BCUT2D eigenvalue weighted by atomic mass is 16.4. The van der Waals surface area contributed by atoms with Gasteiger partial charge < -0.3 is 14.9 Å². The Balaban J connectivity index is 2.35. The molecule has 0 spiro atoms. The van der Waals surface area contributed by atoms with Crippen LogP contribution in [0.1, 0.15) is 0 Å². The minimum absolute atomic E-state index is 0.425. The molecule has 0 saturated carbocycles. The van der Waals surface area contributed by atoms with Crippen LogP contribution in [0.2, 0.25) is 0 Å². The van der Waals surface area contributed by atoms with Crippen LogP contribution in [0.4, 0.5) is 4.79 Å². The lowest BCUT2D eigenvalue weighted by Crippen LogP contribution is -2.47. The van der Waals surface area contributed by atoms with Gasteiger partial charge in [0.05, 0.1) is 0 Å². The number of hydrogen-bond donors (Lipinski definition) is 1. The summed E-state index contributed by atoms with van der Waals surface area (Å²) in [5, 5.41) is 8.52. The summed E-state index contributed by atoms with van der Waals surface area (Å²) >= 11 is 0. The van der Waals surface area contributed by atoms with E-state index < -0.39 is 6.09 Å². The smallest absolute Gasteiger partial charge is 0.407 e. The molecule has 62 valence electrons. The van der Waals surface area contributed by atoms with Crippen LogP contribution in [0.3, 0.4) is 0 Å². The molecule has 0 aromatic rings. The highest BCUT2D eigenvalue weighted by Gasteiger charge is 2.18. The number of carboxylic acid groups (broad SMARTS) is 1. The molecule has 1 fully saturated rings. The van der Waals surface area contributed by atoms with Crippen molar-refractivity contribution in [1.82, 2.24) is 9.80 Å². The average molecular weight is 158 g/mol. The first kappa shape index (κ1) is 7.84. The molecule has 0 atom stereocenters. The average Bonchev–Trinajstić information content (AvgIpc) is 2.05. The van der Waals surface area contributed by atoms with Gasteiger partial charge in [-0.2, -0.15) is 0 Å². The molecular weight excluding hydrogens is 148 g/mol. The van der Waals surface area contributed by atoms with Crippen LogP contribution in [-0.2, 0) is 4.79 Å². The maximum atomic E-state index is 10.4. The summed E-state index contributed by atoms with van der Waals surface area (Å²) in [6.07, 6.45) is -0.158. The number of nitrogens with zero attached hydrogens (tertiary/aromatic N) is 2. The van der Waals surface area contributed by atoms with Gasteiger partial charge in [-0.1, -0.05) is 0 Å². The van der Waals surface area contributed by atoms with Crippen molar-refractivity contribution >= 4 is 12.5 Å². The molecule has 0 aromatic heterocycles. The van der Waals surface area contributed by atoms with Crippen molar-refractivity contribution in [2.75, 3.05) is 26.2 Å². The number of piperazine rings is 1. The third-order valence-electron chi connectivity index (χ3n) is 1.73. The van der Waals surface area contributed by atoms with Crippen molar-refractivity contribution in [3.05, 3.63) is 0 Å². The standard InChI is InChI=1S/C6H10N2O3/c9-5-7-1-3-8(4-2-7)6(10)11/h5H,1-4H2,(H,10,11). The van der Waals surface area contributed by atoms with Crippen LogP contribution in [0.25, 0.3) is 0 Å². The third kappa shape index (κ3) is 1.83. The van der Waals surface area contributed by atoms with Gasteiger partial charge in [-0.3, -0.25) is 4.79 Å². The predicted molar refractivity (Wildman–Crippen MR) is 37.2 cm³/mol. The molecule has 1 rings (SSSR count). The lowest BCUT2D eigenvalue weighted by atomic mass is 10.3. The largest absolute Gasteiger partial charge is 0.465 e. The highest BCUT2D eigenvalue weighted by molar-refractivity contribution is 5.65. The highest BCUT2D eigenvalue weighted by Crippen LogP contribution is 1.98. The molecular formula is C6H10N2O3. The van der Waals surface area contributed by atoms with E-state index in [0.29, 0.717) is 26.2 Å². The van der Waals surface area contributed by atoms with Crippen molar-refractivity contribution in [2.24, 2.45) is 0 Å². The van der Waals surface area contributed by atoms with E-state index in [2.05, 4.69) is 0 Å². The summed E-state index contributed by atoms with van der Waals surface area (Å²) in [6.45, 7) is 1.87. The van der Waals surface area contributed by atoms with E-state index in [0.717, 1.165) is 6.41 Å². The van der Waals surface area contributed by atoms with Gasteiger partial charge in [-0.15, -0.1) is 0 Å². The summed E-state index contributed by atoms with van der Waals surface area (Å²) in [5.74, 6) is 0. The summed E-state index contributed by atoms with van der Waals surface area (Å²) < 4.78 is 0. The van der Waals surface area contributed by atoms with Crippen LogP contribution in [-0.4, -0.2) is 53.6 Å². The molecule has 0 unspecified atom stereocenters. The predicted octanol–water partition coefficient (Wildman–Crippen LogP) is -0.562. The Morgan fingerprint density at radius 3 is 2.18 bits per heavy atom. The Morgan fingerprint density at radius 2 is 1.82 bits per heavy atom. The van der Waals surface area contributed by atoms with E-state index in [4.69, 9.17) is 5.11 Å². The van der Waals surface area contributed by atoms with E-state index in [1.807, 2.05) is 0 Å².